The molecule has 1 aromatic heterocycles. The van der Waals surface area contributed by atoms with Crippen LogP contribution in [-0.2, 0) is 15.7 Å². The molecular weight excluding hydrogens is 357 g/mol. The van der Waals surface area contributed by atoms with Crippen molar-refractivity contribution < 1.29 is 27.5 Å². The number of halogens is 3. The molecule has 1 heterocycles. The van der Waals surface area contributed by atoms with Crippen LogP contribution in [0.2, 0.25) is 0 Å². The van der Waals surface area contributed by atoms with Gasteiger partial charge >= 0.3 is 12.1 Å². The third kappa shape index (κ3) is 4.96. The number of aromatic nitrogens is 1. The number of para-hydroxylation sites is 1. The second kappa shape index (κ2) is 8.02. The van der Waals surface area contributed by atoms with Gasteiger partial charge in [-0.3, -0.25) is 4.79 Å². The van der Waals surface area contributed by atoms with Crippen LogP contribution in [0.3, 0.4) is 0 Å². The van der Waals surface area contributed by atoms with Gasteiger partial charge in [0.15, 0.2) is 6.61 Å². The minimum absolute atomic E-state index is 0.179. The molecule has 0 aliphatic heterocycles. The number of carbonyl (C=O) groups is 2. The second-order valence-corrected chi connectivity index (χ2v) is 5.52. The summed E-state index contributed by atoms with van der Waals surface area (Å²) in [5, 5.41) is 2.52. The molecule has 0 atom stereocenters. The van der Waals surface area contributed by atoms with E-state index >= 15 is 0 Å². The smallest absolute Gasteiger partial charge is 0.418 e. The molecule has 132 valence electrons. The fourth-order valence-corrected chi connectivity index (χ4v) is 2.48. The SMILES string of the molecule is CSc1ncccc1C(=O)OCC(=O)Nc1ccccc1C(F)(F)F. The molecule has 0 radical (unpaired) electrons. The van der Waals surface area contributed by atoms with Crippen LogP contribution in [0.4, 0.5) is 18.9 Å². The largest absolute Gasteiger partial charge is 0.452 e. The molecule has 2 rings (SSSR count). The van der Waals surface area contributed by atoms with Gasteiger partial charge in [-0.1, -0.05) is 12.1 Å². The number of hydrogen-bond acceptors (Lipinski definition) is 5. The molecule has 0 aliphatic carbocycles. The first-order valence-electron chi connectivity index (χ1n) is 6.95. The minimum atomic E-state index is -4.61. The molecule has 0 bridgehead atoms. The highest BCUT2D eigenvalue weighted by Gasteiger charge is 2.33. The van der Waals surface area contributed by atoms with Gasteiger partial charge in [-0.15, -0.1) is 11.8 Å². The first kappa shape index (κ1) is 18.8. The average Bonchev–Trinajstić information content (AvgIpc) is 2.59. The molecule has 1 N–H and O–H groups in total. The number of pyridine rings is 1. The maximum absolute atomic E-state index is 12.9. The number of amides is 1. The summed E-state index contributed by atoms with van der Waals surface area (Å²) in [6.45, 7) is -0.715. The van der Waals surface area contributed by atoms with E-state index in [0.717, 1.165) is 12.1 Å². The Balaban J connectivity index is 2.01. The number of rotatable bonds is 5. The number of alkyl halides is 3. The summed E-state index contributed by atoms with van der Waals surface area (Å²) in [6.07, 6.45) is -1.38. The van der Waals surface area contributed by atoms with E-state index in [1.54, 1.807) is 6.26 Å². The van der Waals surface area contributed by atoms with Crippen LogP contribution in [0, 0.1) is 0 Å². The highest BCUT2D eigenvalue weighted by Crippen LogP contribution is 2.34. The Morgan fingerprint density at radius 1 is 1.20 bits per heavy atom. The molecule has 9 heteroatoms. The molecule has 2 aromatic rings. The number of esters is 1. The predicted molar refractivity (Wildman–Crippen MR) is 86.4 cm³/mol. The summed E-state index contributed by atoms with van der Waals surface area (Å²) in [4.78, 5) is 27.8. The highest BCUT2D eigenvalue weighted by molar-refractivity contribution is 7.98. The lowest BCUT2D eigenvalue weighted by atomic mass is 10.1. The monoisotopic (exact) mass is 370 g/mol. The van der Waals surface area contributed by atoms with Crippen LogP contribution in [-0.4, -0.2) is 29.7 Å². The summed E-state index contributed by atoms with van der Waals surface area (Å²) in [5.41, 5.74) is -1.20. The minimum Gasteiger partial charge on any atom is -0.452 e. The van der Waals surface area contributed by atoms with Crippen molar-refractivity contribution in [3.8, 4) is 0 Å². The van der Waals surface area contributed by atoms with Crippen molar-refractivity contribution in [2.24, 2.45) is 0 Å². The Hall–Kier alpha value is -2.55. The van der Waals surface area contributed by atoms with Crippen molar-refractivity contribution in [3.63, 3.8) is 0 Å². The molecule has 1 amide bonds. The fraction of sp³-hybridized carbons (Fsp3) is 0.188. The molecule has 5 nitrogen and oxygen atoms in total. The first-order valence-corrected chi connectivity index (χ1v) is 8.17. The van der Waals surface area contributed by atoms with Crippen molar-refractivity contribution in [1.29, 1.82) is 0 Å². The Bertz CT molecular complexity index is 781. The number of benzene rings is 1. The molecule has 0 aliphatic rings. The summed E-state index contributed by atoms with van der Waals surface area (Å²) in [5.74, 6) is -1.66. The van der Waals surface area contributed by atoms with E-state index in [9.17, 15) is 22.8 Å². The quantitative estimate of drug-likeness (QED) is 0.643. The first-order chi connectivity index (χ1) is 11.8. The maximum atomic E-state index is 12.9. The number of thioether (sulfide) groups is 1. The standard InChI is InChI=1S/C16H13F3N2O3S/c1-25-14-10(5-4-8-20-14)15(23)24-9-13(22)21-12-7-3-2-6-11(12)16(17,18)19/h2-8H,9H2,1H3,(H,21,22). The second-order valence-electron chi connectivity index (χ2n) is 4.73. The summed E-state index contributed by atoms with van der Waals surface area (Å²) in [6, 6.07) is 7.56. The van der Waals surface area contributed by atoms with Gasteiger partial charge < -0.3 is 10.1 Å². The summed E-state index contributed by atoms with van der Waals surface area (Å²) in [7, 11) is 0. The lowest BCUT2D eigenvalue weighted by Crippen LogP contribution is -2.23. The van der Waals surface area contributed by atoms with Crippen molar-refractivity contribution in [2.45, 2.75) is 11.2 Å². The third-order valence-corrected chi connectivity index (χ3v) is 3.74. The van der Waals surface area contributed by atoms with E-state index in [4.69, 9.17) is 4.74 Å². The van der Waals surface area contributed by atoms with Gasteiger partial charge in [-0.05, 0) is 30.5 Å². The van der Waals surface area contributed by atoms with Crippen LogP contribution in [0.15, 0.2) is 47.6 Å². The third-order valence-electron chi connectivity index (χ3n) is 3.03. The maximum Gasteiger partial charge on any atom is 0.418 e. The molecular formula is C16H13F3N2O3S. The number of ether oxygens (including phenoxy) is 1. The van der Waals surface area contributed by atoms with Gasteiger partial charge in [0.25, 0.3) is 5.91 Å². The number of nitrogens with zero attached hydrogens (tertiary/aromatic N) is 1. The normalized spacial score (nSPS) is 11.0. The molecule has 0 spiro atoms. The topological polar surface area (TPSA) is 68.3 Å². The Labute approximate surface area is 145 Å². The summed E-state index contributed by atoms with van der Waals surface area (Å²) >= 11 is 1.23. The van der Waals surface area contributed by atoms with Crippen LogP contribution >= 0.6 is 11.8 Å². The molecule has 0 saturated carbocycles. The molecule has 0 unspecified atom stereocenters. The van der Waals surface area contributed by atoms with Crippen molar-refractivity contribution >= 4 is 29.3 Å². The number of nitrogens with one attached hydrogen (secondary N) is 1. The van der Waals surface area contributed by atoms with Crippen molar-refractivity contribution in [2.75, 3.05) is 18.2 Å². The Morgan fingerprint density at radius 3 is 2.60 bits per heavy atom. The Morgan fingerprint density at radius 2 is 1.92 bits per heavy atom. The highest BCUT2D eigenvalue weighted by atomic mass is 32.2. The van der Waals surface area contributed by atoms with Crippen LogP contribution < -0.4 is 5.32 Å². The zero-order chi connectivity index (χ0) is 18.4. The molecule has 0 fully saturated rings. The van der Waals surface area contributed by atoms with Gasteiger partial charge in [0.1, 0.15) is 5.03 Å². The molecule has 1 aromatic carbocycles. The van der Waals surface area contributed by atoms with E-state index in [1.165, 1.54) is 42.2 Å². The van der Waals surface area contributed by atoms with Crippen LogP contribution in [0.5, 0.6) is 0 Å². The van der Waals surface area contributed by atoms with Gasteiger partial charge in [0.2, 0.25) is 0 Å². The van der Waals surface area contributed by atoms with Crippen molar-refractivity contribution in [1.82, 2.24) is 4.98 Å². The lowest BCUT2D eigenvalue weighted by molar-refractivity contribution is -0.137. The van der Waals surface area contributed by atoms with Gasteiger partial charge in [-0.2, -0.15) is 13.2 Å². The summed E-state index contributed by atoms with van der Waals surface area (Å²) < 4.78 is 43.5. The molecule has 25 heavy (non-hydrogen) atoms. The van der Waals surface area contributed by atoms with E-state index in [-0.39, 0.29) is 5.56 Å². The van der Waals surface area contributed by atoms with E-state index < -0.39 is 35.9 Å². The van der Waals surface area contributed by atoms with E-state index in [1.807, 2.05) is 0 Å². The van der Waals surface area contributed by atoms with Gasteiger partial charge in [-0.25, -0.2) is 9.78 Å². The molecule has 0 saturated heterocycles. The predicted octanol–water partition coefficient (Wildman–Crippen LogP) is 3.62. The Kier molecular flexibility index (Phi) is 6.02. The van der Waals surface area contributed by atoms with Crippen LogP contribution in [0.1, 0.15) is 15.9 Å². The fourth-order valence-electron chi connectivity index (χ4n) is 1.94. The van der Waals surface area contributed by atoms with Crippen molar-refractivity contribution in [3.05, 3.63) is 53.7 Å². The lowest BCUT2D eigenvalue weighted by Gasteiger charge is -2.13. The number of anilines is 1. The van der Waals surface area contributed by atoms with Gasteiger partial charge in [0.05, 0.1) is 16.8 Å². The zero-order valence-electron chi connectivity index (χ0n) is 13.0. The average molecular weight is 370 g/mol. The van der Waals surface area contributed by atoms with Gasteiger partial charge in [0, 0.05) is 6.20 Å². The van der Waals surface area contributed by atoms with Crippen LogP contribution in [0.25, 0.3) is 0 Å². The van der Waals surface area contributed by atoms with E-state index in [0.29, 0.717) is 5.03 Å². The van der Waals surface area contributed by atoms with E-state index in [2.05, 4.69) is 10.3 Å². The number of hydrogen-bond donors (Lipinski definition) is 1. The zero-order valence-corrected chi connectivity index (χ0v) is 13.8. The number of carbonyl (C=O) groups excluding carboxylic acids is 2.